The predicted molar refractivity (Wildman–Crippen MR) is 126 cm³/mol. The molecule has 3 rings (SSSR count). The van der Waals surface area contributed by atoms with Gasteiger partial charge < -0.3 is 24.8 Å². The molecule has 2 aromatic rings. The predicted octanol–water partition coefficient (Wildman–Crippen LogP) is 3.00. The molecule has 154 valence electrons. The standard InChI is InChI=1S/C22H25N3O3.HI/c1-3-14-26-19-7-4-17(5-8-19)10-12-24-22(23-2)25-13-11-18-6-9-20-21(15-18)28-16-27-20;/h1,4-9,15H,10-14,16H2,2H3,(H2,23,24,25);1H. The molecule has 29 heavy (non-hydrogen) atoms. The molecule has 0 saturated heterocycles. The molecular formula is C22H26IN3O3. The minimum Gasteiger partial charge on any atom is -0.481 e. The first-order chi connectivity index (χ1) is 13.8. The second-order valence-corrected chi connectivity index (χ2v) is 6.25. The number of terminal acetylenes is 1. The lowest BCUT2D eigenvalue weighted by Gasteiger charge is -2.12. The summed E-state index contributed by atoms with van der Waals surface area (Å²) in [6.07, 6.45) is 6.95. The highest BCUT2D eigenvalue weighted by Gasteiger charge is 2.12. The van der Waals surface area contributed by atoms with E-state index >= 15 is 0 Å². The fourth-order valence-electron chi connectivity index (χ4n) is 2.84. The van der Waals surface area contributed by atoms with Crippen LogP contribution in [0, 0.1) is 12.3 Å². The molecule has 0 amide bonds. The molecule has 2 aromatic carbocycles. The summed E-state index contributed by atoms with van der Waals surface area (Å²) in [5.74, 6) is 5.66. The number of fused-ring (bicyclic) bond motifs is 1. The van der Waals surface area contributed by atoms with Gasteiger partial charge in [-0.25, -0.2) is 0 Å². The van der Waals surface area contributed by atoms with E-state index in [0.717, 1.165) is 49.1 Å². The lowest BCUT2D eigenvalue weighted by Crippen LogP contribution is -2.39. The van der Waals surface area contributed by atoms with E-state index in [-0.39, 0.29) is 30.6 Å². The van der Waals surface area contributed by atoms with Crippen LogP contribution in [0.25, 0.3) is 0 Å². The Labute approximate surface area is 189 Å². The lowest BCUT2D eigenvalue weighted by molar-refractivity contribution is 0.174. The topological polar surface area (TPSA) is 64.1 Å². The van der Waals surface area contributed by atoms with Crippen molar-refractivity contribution in [2.75, 3.05) is 33.5 Å². The van der Waals surface area contributed by atoms with Crippen LogP contribution in [0.4, 0.5) is 0 Å². The number of hydrogen-bond donors (Lipinski definition) is 2. The van der Waals surface area contributed by atoms with Crippen molar-refractivity contribution in [3.05, 3.63) is 53.6 Å². The second-order valence-electron chi connectivity index (χ2n) is 6.25. The van der Waals surface area contributed by atoms with Crippen LogP contribution >= 0.6 is 24.0 Å². The van der Waals surface area contributed by atoms with Crippen molar-refractivity contribution >= 4 is 29.9 Å². The molecule has 0 aromatic heterocycles. The average molecular weight is 507 g/mol. The van der Waals surface area contributed by atoms with Crippen molar-refractivity contribution in [1.29, 1.82) is 0 Å². The fraction of sp³-hybridized carbons (Fsp3) is 0.318. The quantitative estimate of drug-likeness (QED) is 0.249. The third-order valence-electron chi connectivity index (χ3n) is 4.32. The zero-order chi connectivity index (χ0) is 19.6. The molecule has 6 nitrogen and oxygen atoms in total. The largest absolute Gasteiger partial charge is 0.481 e. The Morgan fingerprint density at radius 1 is 1.03 bits per heavy atom. The number of aliphatic imine (C=N–C) groups is 1. The Balaban J connectivity index is 0.00000300. The Bertz CT molecular complexity index is 847. The van der Waals surface area contributed by atoms with Gasteiger partial charge in [0.05, 0.1) is 0 Å². The summed E-state index contributed by atoms with van der Waals surface area (Å²) in [6, 6.07) is 14.0. The van der Waals surface area contributed by atoms with Gasteiger partial charge in [-0.05, 0) is 48.2 Å². The number of hydrogen-bond acceptors (Lipinski definition) is 4. The van der Waals surface area contributed by atoms with E-state index < -0.39 is 0 Å². The summed E-state index contributed by atoms with van der Waals surface area (Å²) in [5.41, 5.74) is 2.41. The third kappa shape index (κ3) is 7.06. The first kappa shape index (κ1) is 22.7. The van der Waals surface area contributed by atoms with E-state index in [2.05, 4.69) is 27.6 Å². The molecule has 2 N–H and O–H groups in total. The first-order valence-electron chi connectivity index (χ1n) is 9.27. The molecule has 0 radical (unpaired) electrons. The van der Waals surface area contributed by atoms with Crippen LogP contribution in [-0.2, 0) is 12.8 Å². The number of rotatable bonds is 8. The number of nitrogens with one attached hydrogen (secondary N) is 2. The van der Waals surface area contributed by atoms with Gasteiger partial charge in [0.15, 0.2) is 17.5 Å². The number of benzene rings is 2. The Hall–Kier alpha value is -2.60. The van der Waals surface area contributed by atoms with Crippen LogP contribution in [0.5, 0.6) is 17.2 Å². The van der Waals surface area contributed by atoms with Crippen LogP contribution in [0.2, 0.25) is 0 Å². The highest BCUT2D eigenvalue weighted by Crippen LogP contribution is 2.32. The number of nitrogens with zero attached hydrogens (tertiary/aromatic N) is 1. The van der Waals surface area contributed by atoms with Crippen LogP contribution < -0.4 is 24.8 Å². The van der Waals surface area contributed by atoms with Crippen molar-refractivity contribution in [3.63, 3.8) is 0 Å². The van der Waals surface area contributed by atoms with Crippen molar-refractivity contribution in [2.45, 2.75) is 12.8 Å². The van der Waals surface area contributed by atoms with Gasteiger partial charge in [-0.3, -0.25) is 4.99 Å². The van der Waals surface area contributed by atoms with Crippen molar-refractivity contribution in [1.82, 2.24) is 10.6 Å². The van der Waals surface area contributed by atoms with Crippen LogP contribution in [-0.4, -0.2) is 39.5 Å². The lowest BCUT2D eigenvalue weighted by atomic mass is 10.1. The number of ether oxygens (including phenoxy) is 3. The van der Waals surface area contributed by atoms with Gasteiger partial charge in [0.25, 0.3) is 0 Å². The molecule has 1 aliphatic heterocycles. The van der Waals surface area contributed by atoms with Crippen LogP contribution in [0.3, 0.4) is 0 Å². The molecular weight excluding hydrogens is 481 g/mol. The maximum atomic E-state index is 5.41. The third-order valence-corrected chi connectivity index (χ3v) is 4.32. The summed E-state index contributed by atoms with van der Waals surface area (Å²) < 4.78 is 16.1. The molecule has 0 bridgehead atoms. The molecule has 0 fully saturated rings. The highest BCUT2D eigenvalue weighted by molar-refractivity contribution is 14.0. The normalized spacial score (nSPS) is 11.9. The zero-order valence-corrected chi connectivity index (χ0v) is 18.8. The van der Waals surface area contributed by atoms with Crippen molar-refractivity contribution < 1.29 is 14.2 Å². The number of guanidine groups is 1. The van der Waals surface area contributed by atoms with E-state index in [1.54, 1.807) is 7.05 Å². The van der Waals surface area contributed by atoms with E-state index in [1.165, 1.54) is 11.1 Å². The minimum atomic E-state index is 0. The van der Waals surface area contributed by atoms with Gasteiger partial charge in [-0.15, -0.1) is 30.4 Å². The molecule has 7 heteroatoms. The second kappa shape index (κ2) is 12.1. The maximum absolute atomic E-state index is 5.41. The van der Waals surface area contributed by atoms with Crippen LogP contribution in [0.1, 0.15) is 11.1 Å². The molecule has 1 aliphatic rings. The smallest absolute Gasteiger partial charge is 0.231 e. The van der Waals surface area contributed by atoms with E-state index in [4.69, 9.17) is 20.6 Å². The van der Waals surface area contributed by atoms with Gasteiger partial charge in [0.1, 0.15) is 12.4 Å². The maximum Gasteiger partial charge on any atom is 0.231 e. The Kier molecular flexibility index (Phi) is 9.44. The molecule has 0 spiro atoms. The molecule has 0 aliphatic carbocycles. The monoisotopic (exact) mass is 507 g/mol. The van der Waals surface area contributed by atoms with Gasteiger partial charge in [-0.1, -0.05) is 24.1 Å². The average Bonchev–Trinajstić information content (AvgIpc) is 3.20. The fourth-order valence-corrected chi connectivity index (χ4v) is 2.84. The van der Waals surface area contributed by atoms with Crippen LogP contribution in [0.15, 0.2) is 47.5 Å². The SMILES string of the molecule is C#CCOc1ccc(CCNC(=NC)NCCc2ccc3c(c2)OCO3)cc1.I. The molecule has 0 unspecified atom stereocenters. The van der Waals surface area contributed by atoms with Gasteiger partial charge in [-0.2, -0.15) is 0 Å². The Morgan fingerprint density at radius 2 is 1.69 bits per heavy atom. The van der Waals surface area contributed by atoms with Gasteiger partial charge in [0.2, 0.25) is 6.79 Å². The highest BCUT2D eigenvalue weighted by atomic mass is 127. The summed E-state index contributed by atoms with van der Waals surface area (Å²) in [4.78, 5) is 4.27. The molecule has 0 saturated carbocycles. The Morgan fingerprint density at radius 3 is 2.38 bits per heavy atom. The van der Waals surface area contributed by atoms with Crippen molar-refractivity contribution in [2.24, 2.45) is 4.99 Å². The summed E-state index contributed by atoms with van der Waals surface area (Å²) in [7, 11) is 1.77. The van der Waals surface area contributed by atoms with E-state index in [9.17, 15) is 0 Å². The minimum absolute atomic E-state index is 0. The van der Waals surface area contributed by atoms with Gasteiger partial charge >= 0.3 is 0 Å². The molecule has 0 atom stereocenters. The summed E-state index contributed by atoms with van der Waals surface area (Å²) >= 11 is 0. The summed E-state index contributed by atoms with van der Waals surface area (Å²) in [6.45, 7) is 2.15. The van der Waals surface area contributed by atoms with Gasteiger partial charge in [0, 0.05) is 20.1 Å². The first-order valence-corrected chi connectivity index (χ1v) is 9.27. The number of halogens is 1. The van der Waals surface area contributed by atoms with E-state index in [1.807, 2.05) is 36.4 Å². The van der Waals surface area contributed by atoms with E-state index in [0.29, 0.717) is 6.79 Å². The molecule has 1 heterocycles. The zero-order valence-electron chi connectivity index (χ0n) is 16.4. The summed E-state index contributed by atoms with van der Waals surface area (Å²) in [5, 5.41) is 6.66. The van der Waals surface area contributed by atoms with Crippen molar-refractivity contribution in [3.8, 4) is 29.6 Å².